The SMILES string of the molecule is CC(C)N(CC(=N)Cl)C(C)C. The van der Waals surface area contributed by atoms with Crippen LogP contribution in [0.1, 0.15) is 27.7 Å². The lowest BCUT2D eigenvalue weighted by molar-refractivity contribution is 0.204. The Bertz CT molecular complexity index is 124. The minimum absolute atomic E-state index is 0.215. The molecule has 0 saturated heterocycles. The number of rotatable bonds is 4. The molecule has 1 N–H and O–H groups in total. The second kappa shape index (κ2) is 4.73. The van der Waals surface area contributed by atoms with Gasteiger partial charge in [-0.2, -0.15) is 0 Å². The minimum Gasteiger partial charge on any atom is -0.292 e. The van der Waals surface area contributed by atoms with E-state index in [9.17, 15) is 0 Å². The predicted octanol–water partition coefficient (Wildman–Crippen LogP) is 2.32. The van der Waals surface area contributed by atoms with Crippen LogP contribution in [0.25, 0.3) is 0 Å². The summed E-state index contributed by atoms with van der Waals surface area (Å²) < 4.78 is 0. The summed E-state index contributed by atoms with van der Waals surface area (Å²) in [5.74, 6) is 0. The molecule has 0 heterocycles. The maximum Gasteiger partial charge on any atom is 0.111 e. The van der Waals surface area contributed by atoms with Crippen molar-refractivity contribution in [1.29, 1.82) is 5.41 Å². The Morgan fingerprint density at radius 1 is 1.27 bits per heavy atom. The molecule has 66 valence electrons. The van der Waals surface area contributed by atoms with Gasteiger partial charge >= 0.3 is 0 Å². The highest BCUT2D eigenvalue weighted by molar-refractivity contribution is 6.65. The molecule has 0 aliphatic heterocycles. The number of hydrogen-bond donors (Lipinski definition) is 1. The van der Waals surface area contributed by atoms with Gasteiger partial charge in [-0.3, -0.25) is 10.3 Å². The van der Waals surface area contributed by atoms with E-state index in [0.717, 1.165) is 0 Å². The van der Waals surface area contributed by atoms with Crippen LogP contribution < -0.4 is 0 Å². The molecule has 0 atom stereocenters. The quantitative estimate of drug-likeness (QED) is 0.655. The van der Waals surface area contributed by atoms with Crippen molar-refractivity contribution >= 4 is 16.8 Å². The highest BCUT2D eigenvalue weighted by Crippen LogP contribution is 2.04. The minimum atomic E-state index is 0.215. The molecule has 0 aromatic rings. The van der Waals surface area contributed by atoms with Gasteiger partial charge in [-0.05, 0) is 27.7 Å². The lowest BCUT2D eigenvalue weighted by Gasteiger charge is -2.29. The second-order valence-electron chi connectivity index (χ2n) is 3.26. The Morgan fingerprint density at radius 2 is 1.64 bits per heavy atom. The van der Waals surface area contributed by atoms with Crippen molar-refractivity contribution in [2.24, 2.45) is 0 Å². The van der Waals surface area contributed by atoms with Crippen molar-refractivity contribution in [2.45, 2.75) is 39.8 Å². The zero-order chi connectivity index (χ0) is 9.02. The fourth-order valence-corrected chi connectivity index (χ4v) is 1.26. The molecule has 0 aliphatic carbocycles. The fraction of sp³-hybridized carbons (Fsp3) is 0.875. The van der Waals surface area contributed by atoms with Crippen LogP contribution >= 0.6 is 11.6 Å². The average Bonchev–Trinajstić information content (AvgIpc) is 1.81. The molecule has 0 aromatic carbocycles. The van der Waals surface area contributed by atoms with E-state index < -0.39 is 0 Å². The summed E-state index contributed by atoms with van der Waals surface area (Å²) in [4.78, 5) is 2.18. The third-order valence-corrected chi connectivity index (χ3v) is 1.77. The molecule has 0 saturated carbocycles. The first-order valence-corrected chi connectivity index (χ1v) is 4.31. The van der Waals surface area contributed by atoms with Crippen LogP contribution in [0, 0.1) is 5.41 Å². The van der Waals surface area contributed by atoms with E-state index in [0.29, 0.717) is 18.6 Å². The summed E-state index contributed by atoms with van der Waals surface area (Å²) in [6, 6.07) is 0.906. The van der Waals surface area contributed by atoms with Gasteiger partial charge in [0.2, 0.25) is 0 Å². The summed E-state index contributed by atoms with van der Waals surface area (Å²) in [6.07, 6.45) is 0. The molecule has 3 heteroatoms. The third kappa shape index (κ3) is 4.38. The van der Waals surface area contributed by atoms with Gasteiger partial charge in [0, 0.05) is 12.1 Å². The smallest absolute Gasteiger partial charge is 0.111 e. The highest BCUT2D eigenvalue weighted by Gasteiger charge is 2.13. The predicted molar refractivity (Wildman–Crippen MR) is 50.6 cm³/mol. The van der Waals surface area contributed by atoms with Gasteiger partial charge in [0.25, 0.3) is 0 Å². The van der Waals surface area contributed by atoms with Crippen LogP contribution in [0.5, 0.6) is 0 Å². The van der Waals surface area contributed by atoms with Crippen molar-refractivity contribution in [1.82, 2.24) is 4.90 Å². The Balaban J connectivity index is 4.00. The van der Waals surface area contributed by atoms with E-state index in [1.165, 1.54) is 0 Å². The molecule has 0 spiro atoms. The number of nitrogens with zero attached hydrogens (tertiary/aromatic N) is 1. The van der Waals surface area contributed by atoms with Gasteiger partial charge in [0.1, 0.15) is 5.17 Å². The molecule has 0 bridgehead atoms. The van der Waals surface area contributed by atoms with E-state index in [1.807, 2.05) is 0 Å². The summed E-state index contributed by atoms with van der Waals surface area (Å²) in [5.41, 5.74) is 0. The van der Waals surface area contributed by atoms with Crippen LogP contribution in [0.15, 0.2) is 0 Å². The molecule has 0 aromatic heterocycles. The molecule has 0 amide bonds. The van der Waals surface area contributed by atoms with Crippen LogP contribution in [0.3, 0.4) is 0 Å². The van der Waals surface area contributed by atoms with E-state index in [2.05, 4.69) is 32.6 Å². The van der Waals surface area contributed by atoms with Crippen molar-refractivity contribution in [3.63, 3.8) is 0 Å². The van der Waals surface area contributed by atoms with Gasteiger partial charge < -0.3 is 0 Å². The zero-order valence-electron chi connectivity index (χ0n) is 7.69. The molecule has 0 fully saturated rings. The van der Waals surface area contributed by atoms with E-state index in [-0.39, 0.29) is 5.17 Å². The summed E-state index contributed by atoms with van der Waals surface area (Å²) >= 11 is 5.50. The Morgan fingerprint density at radius 3 is 1.73 bits per heavy atom. The van der Waals surface area contributed by atoms with Gasteiger partial charge in [-0.15, -0.1) is 0 Å². The van der Waals surface area contributed by atoms with Crippen LogP contribution in [0.4, 0.5) is 0 Å². The van der Waals surface area contributed by atoms with Crippen molar-refractivity contribution in [2.75, 3.05) is 6.54 Å². The number of hydrogen-bond acceptors (Lipinski definition) is 2. The Hall–Kier alpha value is -0.0800. The monoisotopic (exact) mass is 176 g/mol. The molecular formula is C8H17ClN2. The fourth-order valence-electron chi connectivity index (χ4n) is 1.12. The van der Waals surface area contributed by atoms with Gasteiger partial charge in [-0.25, -0.2) is 0 Å². The van der Waals surface area contributed by atoms with Crippen LogP contribution in [0.2, 0.25) is 0 Å². The molecule has 0 aliphatic rings. The standard InChI is InChI=1S/C8H17ClN2/c1-6(2)11(7(3)4)5-8(9)10/h6-7,10H,5H2,1-4H3. The Kier molecular flexibility index (Phi) is 4.69. The van der Waals surface area contributed by atoms with Crippen LogP contribution in [-0.2, 0) is 0 Å². The summed E-state index contributed by atoms with van der Waals surface area (Å²) in [7, 11) is 0. The van der Waals surface area contributed by atoms with Crippen molar-refractivity contribution in [3.8, 4) is 0 Å². The van der Waals surface area contributed by atoms with Crippen molar-refractivity contribution < 1.29 is 0 Å². The maximum absolute atomic E-state index is 7.14. The van der Waals surface area contributed by atoms with E-state index in [4.69, 9.17) is 17.0 Å². The largest absolute Gasteiger partial charge is 0.292 e. The molecule has 11 heavy (non-hydrogen) atoms. The third-order valence-electron chi connectivity index (χ3n) is 1.65. The number of nitrogens with one attached hydrogen (secondary N) is 1. The summed E-state index contributed by atoms with van der Waals surface area (Å²) in [5, 5.41) is 7.35. The molecule has 2 nitrogen and oxygen atoms in total. The first-order valence-electron chi connectivity index (χ1n) is 3.93. The lowest BCUT2D eigenvalue weighted by Crippen LogP contribution is -2.39. The van der Waals surface area contributed by atoms with Crippen LogP contribution in [-0.4, -0.2) is 28.7 Å². The topological polar surface area (TPSA) is 27.1 Å². The first-order chi connectivity index (χ1) is 4.95. The van der Waals surface area contributed by atoms with E-state index in [1.54, 1.807) is 0 Å². The normalized spacial score (nSPS) is 11.6. The lowest BCUT2D eigenvalue weighted by atomic mass is 10.2. The van der Waals surface area contributed by atoms with Crippen molar-refractivity contribution in [3.05, 3.63) is 0 Å². The van der Waals surface area contributed by atoms with Gasteiger partial charge in [0.15, 0.2) is 0 Å². The number of halogens is 1. The summed E-state index contributed by atoms with van der Waals surface area (Å²) in [6.45, 7) is 9.01. The molecular weight excluding hydrogens is 160 g/mol. The first kappa shape index (κ1) is 10.9. The molecule has 0 rings (SSSR count). The maximum atomic E-state index is 7.14. The average molecular weight is 177 g/mol. The Labute approximate surface area is 74.0 Å². The van der Waals surface area contributed by atoms with E-state index >= 15 is 0 Å². The molecule has 0 unspecified atom stereocenters. The zero-order valence-corrected chi connectivity index (χ0v) is 8.44. The molecule has 0 radical (unpaired) electrons. The van der Waals surface area contributed by atoms with Gasteiger partial charge in [-0.1, -0.05) is 11.6 Å². The highest BCUT2D eigenvalue weighted by atomic mass is 35.5. The second-order valence-corrected chi connectivity index (χ2v) is 3.72. The van der Waals surface area contributed by atoms with Gasteiger partial charge in [0.05, 0.1) is 6.54 Å².